The molecular weight excluding hydrogens is 250 g/mol. The van der Waals surface area contributed by atoms with Crippen LogP contribution in [0.3, 0.4) is 0 Å². The van der Waals surface area contributed by atoms with E-state index in [-0.39, 0.29) is 5.97 Å². The van der Waals surface area contributed by atoms with Crippen LogP contribution in [0.15, 0.2) is 36.4 Å². The lowest BCUT2D eigenvalue weighted by atomic mass is 9.79. The topological polar surface area (TPSA) is 52.3 Å². The molecule has 2 aromatic carbocycles. The van der Waals surface area contributed by atoms with Crippen molar-refractivity contribution in [2.45, 2.75) is 26.8 Å². The summed E-state index contributed by atoms with van der Waals surface area (Å²) in [6.07, 6.45) is 0. The first-order chi connectivity index (χ1) is 9.39. The molecular formula is C17H21NO2. The van der Waals surface area contributed by atoms with Crippen molar-refractivity contribution >= 4 is 16.7 Å². The number of carbonyl (C=O) groups excluding carboxylic acids is 1. The molecule has 0 heterocycles. The Labute approximate surface area is 119 Å². The minimum Gasteiger partial charge on any atom is -0.469 e. The Balaban J connectivity index is 2.59. The molecule has 0 aliphatic carbocycles. The summed E-state index contributed by atoms with van der Waals surface area (Å²) in [4.78, 5) is 11.9. The fourth-order valence-electron chi connectivity index (χ4n) is 2.52. The van der Waals surface area contributed by atoms with E-state index in [1.54, 1.807) is 0 Å². The van der Waals surface area contributed by atoms with Crippen LogP contribution in [0.4, 0.5) is 0 Å². The lowest BCUT2D eigenvalue weighted by molar-refractivity contribution is -0.152. The number of nitrogens with two attached hydrogens (primary N) is 1. The number of rotatable bonds is 3. The van der Waals surface area contributed by atoms with E-state index >= 15 is 0 Å². The van der Waals surface area contributed by atoms with E-state index in [2.05, 4.69) is 13.0 Å². The van der Waals surface area contributed by atoms with Gasteiger partial charge in [0.25, 0.3) is 0 Å². The maximum atomic E-state index is 11.9. The van der Waals surface area contributed by atoms with Crippen molar-refractivity contribution in [3.8, 4) is 0 Å². The Morgan fingerprint density at radius 3 is 2.35 bits per heavy atom. The first-order valence-electron chi connectivity index (χ1n) is 6.72. The van der Waals surface area contributed by atoms with Crippen LogP contribution in [-0.4, -0.2) is 13.1 Å². The fraction of sp³-hybridized carbons (Fsp3) is 0.353. The standard InChI is InChI=1S/C17H21NO2/c1-11-9-10-14(13-8-6-5-7-12(11)13)15(18)17(2,3)16(19)20-4/h5-10,15H,18H2,1-4H3/t15-/m1/s1. The highest BCUT2D eigenvalue weighted by molar-refractivity contribution is 5.90. The van der Waals surface area contributed by atoms with Gasteiger partial charge in [-0.05, 0) is 42.7 Å². The molecule has 20 heavy (non-hydrogen) atoms. The zero-order chi connectivity index (χ0) is 14.9. The molecule has 0 radical (unpaired) electrons. The van der Waals surface area contributed by atoms with Crippen molar-refractivity contribution in [1.29, 1.82) is 0 Å². The second-order valence-electron chi connectivity index (χ2n) is 5.71. The third-order valence-electron chi connectivity index (χ3n) is 4.00. The average molecular weight is 271 g/mol. The van der Waals surface area contributed by atoms with E-state index < -0.39 is 11.5 Å². The first kappa shape index (κ1) is 14.5. The maximum absolute atomic E-state index is 11.9. The summed E-state index contributed by atoms with van der Waals surface area (Å²) >= 11 is 0. The highest BCUT2D eigenvalue weighted by Crippen LogP contribution is 2.36. The van der Waals surface area contributed by atoms with Crippen molar-refractivity contribution in [3.05, 3.63) is 47.5 Å². The van der Waals surface area contributed by atoms with Crippen LogP contribution in [-0.2, 0) is 9.53 Å². The van der Waals surface area contributed by atoms with Crippen LogP contribution in [0.5, 0.6) is 0 Å². The van der Waals surface area contributed by atoms with Crippen molar-refractivity contribution in [2.75, 3.05) is 7.11 Å². The van der Waals surface area contributed by atoms with E-state index in [4.69, 9.17) is 10.5 Å². The molecule has 0 saturated heterocycles. The molecule has 0 amide bonds. The summed E-state index contributed by atoms with van der Waals surface area (Å²) in [5.41, 5.74) is 7.77. The minimum atomic E-state index is -0.771. The van der Waals surface area contributed by atoms with Gasteiger partial charge in [-0.15, -0.1) is 0 Å². The Morgan fingerprint density at radius 2 is 1.75 bits per heavy atom. The largest absolute Gasteiger partial charge is 0.469 e. The molecule has 3 heteroatoms. The Hall–Kier alpha value is -1.87. The van der Waals surface area contributed by atoms with Gasteiger partial charge in [0.2, 0.25) is 0 Å². The monoisotopic (exact) mass is 271 g/mol. The lowest BCUT2D eigenvalue weighted by Crippen LogP contribution is -2.37. The molecule has 2 rings (SSSR count). The number of methoxy groups -OCH3 is 1. The van der Waals surface area contributed by atoms with Gasteiger partial charge in [-0.25, -0.2) is 0 Å². The Morgan fingerprint density at radius 1 is 1.15 bits per heavy atom. The van der Waals surface area contributed by atoms with Gasteiger partial charge in [-0.3, -0.25) is 4.79 Å². The Bertz CT molecular complexity index is 646. The molecule has 0 aliphatic rings. The van der Waals surface area contributed by atoms with Crippen LogP contribution in [0.25, 0.3) is 10.8 Å². The maximum Gasteiger partial charge on any atom is 0.313 e. The number of carbonyl (C=O) groups is 1. The quantitative estimate of drug-likeness (QED) is 0.871. The third-order valence-corrected chi connectivity index (χ3v) is 4.00. The van der Waals surface area contributed by atoms with Crippen LogP contribution in [0, 0.1) is 12.3 Å². The minimum absolute atomic E-state index is 0.297. The average Bonchev–Trinajstić information content (AvgIpc) is 2.46. The van der Waals surface area contributed by atoms with Crippen molar-refractivity contribution in [2.24, 2.45) is 11.1 Å². The molecule has 2 N–H and O–H groups in total. The molecule has 0 bridgehead atoms. The third kappa shape index (κ3) is 2.29. The van der Waals surface area contributed by atoms with Crippen LogP contribution in [0.2, 0.25) is 0 Å². The molecule has 3 nitrogen and oxygen atoms in total. The van der Waals surface area contributed by atoms with E-state index in [1.165, 1.54) is 18.1 Å². The highest BCUT2D eigenvalue weighted by atomic mass is 16.5. The van der Waals surface area contributed by atoms with Gasteiger partial charge in [-0.1, -0.05) is 36.4 Å². The molecule has 0 fully saturated rings. The molecule has 0 aromatic heterocycles. The van der Waals surface area contributed by atoms with Gasteiger partial charge in [0, 0.05) is 6.04 Å². The number of esters is 1. The molecule has 106 valence electrons. The molecule has 1 atom stereocenters. The molecule has 2 aromatic rings. The summed E-state index contributed by atoms with van der Waals surface area (Å²) in [6, 6.07) is 11.8. The van der Waals surface area contributed by atoms with Gasteiger partial charge in [-0.2, -0.15) is 0 Å². The first-order valence-corrected chi connectivity index (χ1v) is 6.72. The number of benzene rings is 2. The van der Waals surface area contributed by atoms with Gasteiger partial charge >= 0.3 is 5.97 Å². The second kappa shape index (κ2) is 5.25. The summed E-state index contributed by atoms with van der Waals surface area (Å²) in [5, 5.41) is 2.26. The molecule has 0 saturated carbocycles. The molecule has 0 unspecified atom stereocenters. The van der Waals surface area contributed by atoms with E-state index in [9.17, 15) is 4.79 Å². The normalized spacial score (nSPS) is 13.2. The van der Waals surface area contributed by atoms with Gasteiger partial charge in [0.1, 0.15) is 0 Å². The fourth-order valence-corrected chi connectivity index (χ4v) is 2.52. The lowest BCUT2D eigenvalue weighted by Gasteiger charge is -2.30. The molecule has 0 spiro atoms. The van der Waals surface area contributed by atoms with Gasteiger partial charge < -0.3 is 10.5 Å². The summed E-state index contributed by atoms with van der Waals surface area (Å²) in [7, 11) is 1.39. The number of fused-ring (bicyclic) bond motifs is 1. The van der Waals surface area contributed by atoms with E-state index in [0.29, 0.717) is 0 Å². The van der Waals surface area contributed by atoms with Gasteiger partial charge in [0.05, 0.1) is 12.5 Å². The SMILES string of the molecule is COC(=O)C(C)(C)[C@H](N)c1ccc(C)c2ccccc12. The smallest absolute Gasteiger partial charge is 0.313 e. The van der Waals surface area contributed by atoms with Crippen LogP contribution >= 0.6 is 0 Å². The summed E-state index contributed by atoms with van der Waals surface area (Å²) in [6.45, 7) is 5.71. The predicted octanol–water partition coefficient (Wildman–Crippen LogP) is 3.35. The van der Waals surface area contributed by atoms with Gasteiger partial charge in [0.15, 0.2) is 0 Å². The van der Waals surface area contributed by atoms with E-state index in [1.807, 2.05) is 44.2 Å². The number of hydrogen-bond donors (Lipinski definition) is 1. The van der Waals surface area contributed by atoms with E-state index in [0.717, 1.165) is 10.9 Å². The summed E-state index contributed by atoms with van der Waals surface area (Å²) < 4.78 is 4.87. The second-order valence-corrected chi connectivity index (χ2v) is 5.71. The van der Waals surface area contributed by atoms with Crippen molar-refractivity contribution < 1.29 is 9.53 Å². The van der Waals surface area contributed by atoms with Crippen molar-refractivity contribution in [1.82, 2.24) is 0 Å². The molecule has 0 aliphatic heterocycles. The van der Waals surface area contributed by atoms with Crippen LogP contribution in [0.1, 0.15) is 31.0 Å². The number of aryl methyl sites for hydroxylation is 1. The highest BCUT2D eigenvalue weighted by Gasteiger charge is 2.37. The predicted molar refractivity (Wildman–Crippen MR) is 81.4 cm³/mol. The summed E-state index contributed by atoms with van der Waals surface area (Å²) in [5.74, 6) is -0.297. The zero-order valence-corrected chi connectivity index (χ0v) is 12.4. The van der Waals surface area contributed by atoms with Crippen LogP contribution < -0.4 is 5.73 Å². The Kier molecular flexibility index (Phi) is 3.82. The zero-order valence-electron chi connectivity index (χ0n) is 12.4. The number of hydrogen-bond acceptors (Lipinski definition) is 3. The van der Waals surface area contributed by atoms with Crippen molar-refractivity contribution in [3.63, 3.8) is 0 Å². The number of ether oxygens (including phenoxy) is 1.